The standard InChI is InChI=1S/C10H20O3/c1-4-6-12-7-8-13-10(11)9(3)5-2/h9H,4-8H2,1-3H3. The SMILES string of the molecule is CCCOCCOC(=O)C(C)CC. The number of hydrogen-bond donors (Lipinski definition) is 0. The summed E-state index contributed by atoms with van der Waals surface area (Å²) in [5.41, 5.74) is 0. The summed E-state index contributed by atoms with van der Waals surface area (Å²) in [6.45, 7) is 7.51. The highest BCUT2D eigenvalue weighted by atomic mass is 16.6. The van der Waals surface area contributed by atoms with Crippen molar-refractivity contribution in [2.24, 2.45) is 5.92 Å². The van der Waals surface area contributed by atoms with E-state index in [-0.39, 0.29) is 11.9 Å². The highest BCUT2D eigenvalue weighted by Gasteiger charge is 2.10. The Kier molecular flexibility index (Phi) is 7.69. The number of ether oxygens (including phenoxy) is 2. The molecule has 1 unspecified atom stereocenters. The zero-order valence-electron chi connectivity index (χ0n) is 8.84. The van der Waals surface area contributed by atoms with E-state index in [0.717, 1.165) is 19.4 Å². The average molecular weight is 188 g/mol. The molecule has 0 saturated heterocycles. The van der Waals surface area contributed by atoms with Gasteiger partial charge in [-0.2, -0.15) is 0 Å². The molecule has 0 aromatic rings. The van der Waals surface area contributed by atoms with Crippen LogP contribution in [0.2, 0.25) is 0 Å². The summed E-state index contributed by atoms with van der Waals surface area (Å²) in [4.78, 5) is 11.1. The number of esters is 1. The van der Waals surface area contributed by atoms with Crippen molar-refractivity contribution < 1.29 is 14.3 Å². The van der Waals surface area contributed by atoms with Crippen LogP contribution in [0.3, 0.4) is 0 Å². The molecule has 3 heteroatoms. The van der Waals surface area contributed by atoms with Gasteiger partial charge in [0, 0.05) is 6.61 Å². The molecule has 0 aromatic carbocycles. The Balaban J connectivity index is 3.27. The second-order valence-corrected chi connectivity index (χ2v) is 3.09. The fourth-order valence-corrected chi connectivity index (χ4v) is 0.757. The lowest BCUT2D eigenvalue weighted by molar-refractivity contribution is -0.149. The molecular weight excluding hydrogens is 168 g/mol. The van der Waals surface area contributed by atoms with Crippen LogP contribution in [0, 0.1) is 5.92 Å². The lowest BCUT2D eigenvalue weighted by Gasteiger charge is -2.08. The zero-order valence-corrected chi connectivity index (χ0v) is 8.84. The van der Waals surface area contributed by atoms with Gasteiger partial charge in [0.1, 0.15) is 6.61 Å². The van der Waals surface area contributed by atoms with Gasteiger partial charge in [-0.3, -0.25) is 4.79 Å². The molecule has 78 valence electrons. The molecule has 0 amide bonds. The lowest BCUT2D eigenvalue weighted by Crippen LogP contribution is -2.17. The second-order valence-electron chi connectivity index (χ2n) is 3.09. The van der Waals surface area contributed by atoms with Gasteiger partial charge in [0.05, 0.1) is 12.5 Å². The minimum absolute atomic E-state index is 0.00572. The molecular formula is C10H20O3. The topological polar surface area (TPSA) is 35.5 Å². The van der Waals surface area contributed by atoms with Crippen LogP contribution >= 0.6 is 0 Å². The third kappa shape index (κ3) is 6.58. The van der Waals surface area contributed by atoms with E-state index in [0.29, 0.717) is 13.2 Å². The molecule has 0 aromatic heterocycles. The summed E-state index contributed by atoms with van der Waals surface area (Å²) in [5.74, 6) is -0.117. The third-order valence-electron chi connectivity index (χ3n) is 1.84. The van der Waals surface area contributed by atoms with Crippen molar-refractivity contribution in [2.45, 2.75) is 33.6 Å². The summed E-state index contributed by atoms with van der Waals surface area (Å²) in [6.07, 6.45) is 1.83. The summed E-state index contributed by atoms with van der Waals surface area (Å²) in [6, 6.07) is 0. The number of hydrogen-bond acceptors (Lipinski definition) is 3. The highest BCUT2D eigenvalue weighted by molar-refractivity contribution is 5.71. The first-order valence-corrected chi connectivity index (χ1v) is 4.96. The molecule has 0 bridgehead atoms. The van der Waals surface area contributed by atoms with Crippen LogP contribution < -0.4 is 0 Å². The molecule has 0 rings (SSSR count). The van der Waals surface area contributed by atoms with Crippen LogP contribution in [0.5, 0.6) is 0 Å². The maximum atomic E-state index is 11.1. The van der Waals surface area contributed by atoms with E-state index in [1.54, 1.807) is 0 Å². The predicted molar refractivity (Wildman–Crippen MR) is 51.5 cm³/mol. The van der Waals surface area contributed by atoms with E-state index in [1.807, 2.05) is 20.8 Å². The second kappa shape index (κ2) is 8.05. The van der Waals surface area contributed by atoms with Gasteiger partial charge in [-0.15, -0.1) is 0 Å². The van der Waals surface area contributed by atoms with Crippen LogP contribution in [-0.4, -0.2) is 25.8 Å². The van der Waals surface area contributed by atoms with Crippen molar-refractivity contribution >= 4 is 5.97 Å². The Morgan fingerprint density at radius 1 is 1.23 bits per heavy atom. The fraction of sp³-hybridized carbons (Fsp3) is 0.900. The fourth-order valence-electron chi connectivity index (χ4n) is 0.757. The molecule has 0 N–H and O–H groups in total. The van der Waals surface area contributed by atoms with Crippen molar-refractivity contribution in [3.63, 3.8) is 0 Å². The van der Waals surface area contributed by atoms with Crippen LogP contribution in [0.25, 0.3) is 0 Å². The van der Waals surface area contributed by atoms with Crippen LogP contribution in [0.1, 0.15) is 33.6 Å². The number of rotatable bonds is 7. The number of carbonyl (C=O) groups is 1. The Morgan fingerprint density at radius 2 is 1.92 bits per heavy atom. The van der Waals surface area contributed by atoms with Crippen molar-refractivity contribution in [3.05, 3.63) is 0 Å². The van der Waals surface area contributed by atoms with Gasteiger partial charge in [0.15, 0.2) is 0 Å². The van der Waals surface area contributed by atoms with Gasteiger partial charge in [-0.05, 0) is 12.8 Å². The number of carbonyl (C=O) groups excluding carboxylic acids is 1. The van der Waals surface area contributed by atoms with E-state index in [4.69, 9.17) is 9.47 Å². The van der Waals surface area contributed by atoms with E-state index >= 15 is 0 Å². The van der Waals surface area contributed by atoms with Crippen molar-refractivity contribution in [1.82, 2.24) is 0 Å². The van der Waals surface area contributed by atoms with E-state index < -0.39 is 0 Å². The zero-order chi connectivity index (χ0) is 10.1. The summed E-state index contributed by atoms with van der Waals surface area (Å²) >= 11 is 0. The maximum absolute atomic E-state index is 11.1. The molecule has 0 heterocycles. The lowest BCUT2D eigenvalue weighted by atomic mass is 10.1. The largest absolute Gasteiger partial charge is 0.463 e. The first kappa shape index (κ1) is 12.4. The van der Waals surface area contributed by atoms with Crippen molar-refractivity contribution in [2.75, 3.05) is 19.8 Å². The van der Waals surface area contributed by atoms with Crippen LogP contribution in [-0.2, 0) is 14.3 Å². The van der Waals surface area contributed by atoms with E-state index in [2.05, 4.69) is 0 Å². The minimum Gasteiger partial charge on any atom is -0.463 e. The minimum atomic E-state index is -0.123. The molecule has 0 fully saturated rings. The van der Waals surface area contributed by atoms with Gasteiger partial charge >= 0.3 is 5.97 Å². The Hall–Kier alpha value is -0.570. The Morgan fingerprint density at radius 3 is 2.46 bits per heavy atom. The first-order chi connectivity index (χ1) is 6.22. The van der Waals surface area contributed by atoms with E-state index in [1.165, 1.54) is 0 Å². The van der Waals surface area contributed by atoms with Crippen LogP contribution in [0.15, 0.2) is 0 Å². The predicted octanol–water partition coefficient (Wildman–Crippen LogP) is 2.00. The van der Waals surface area contributed by atoms with Crippen molar-refractivity contribution in [3.8, 4) is 0 Å². The van der Waals surface area contributed by atoms with E-state index in [9.17, 15) is 4.79 Å². The van der Waals surface area contributed by atoms with Gasteiger partial charge in [0.2, 0.25) is 0 Å². The highest BCUT2D eigenvalue weighted by Crippen LogP contribution is 2.02. The Labute approximate surface area is 80.4 Å². The summed E-state index contributed by atoms with van der Waals surface area (Å²) in [5, 5.41) is 0. The molecule has 3 nitrogen and oxygen atoms in total. The molecule has 0 aliphatic rings. The molecule has 0 aliphatic carbocycles. The summed E-state index contributed by atoms with van der Waals surface area (Å²) in [7, 11) is 0. The Bertz CT molecular complexity index is 134. The smallest absolute Gasteiger partial charge is 0.308 e. The monoisotopic (exact) mass is 188 g/mol. The molecule has 1 atom stereocenters. The van der Waals surface area contributed by atoms with Gasteiger partial charge in [0.25, 0.3) is 0 Å². The molecule has 0 spiro atoms. The maximum Gasteiger partial charge on any atom is 0.308 e. The normalized spacial score (nSPS) is 12.5. The molecule has 0 radical (unpaired) electrons. The quantitative estimate of drug-likeness (QED) is 0.453. The average Bonchev–Trinajstić information content (AvgIpc) is 2.16. The van der Waals surface area contributed by atoms with Crippen LogP contribution in [0.4, 0.5) is 0 Å². The van der Waals surface area contributed by atoms with Gasteiger partial charge in [-0.25, -0.2) is 0 Å². The molecule has 0 saturated carbocycles. The van der Waals surface area contributed by atoms with Crippen molar-refractivity contribution in [1.29, 1.82) is 0 Å². The van der Waals surface area contributed by atoms with Gasteiger partial charge < -0.3 is 9.47 Å². The van der Waals surface area contributed by atoms with Gasteiger partial charge in [-0.1, -0.05) is 20.8 Å². The first-order valence-electron chi connectivity index (χ1n) is 4.96. The summed E-state index contributed by atoms with van der Waals surface area (Å²) < 4.78 is 10.1. The molecule has 13 heavy (non-hydrogen) atoms. The molecule has 0 aliphatic heterocycles. The third-order valence-corrected chi connectivity index (χ3v) is 1.84.